The standard InChI is InChI=1S/C32H37FN8O5/c1-44-30-26(40-14-12-39(13-15-40)23-19-45-20-23)3-5-29(37-30)38-32-35-9-6-25(36-32)21-2-4-28(22(16-21)18-34)46-24-7-10-41(11-8-24)31(43)27(42)17-33/h2-6,9,16,23-24,27,42H,7-8,10-15,17,19-20H2,1H3,(H,35,36,37,38)/t27-/m1/s1. The van der Waals surface area contributed by atoms with Gasteiger partial charge in [-0.25, -0.2) is 14.4 Å². The second-order valence-electron chi connectivity index (χ2n) is 11.5. The Labute approximate surface area is 266 Å². The number of rotatable bonds is 10. The molecule has 242 valence electrons. The van der Waals surface area contributed by atoms with Gasteiger partial charge in [0.05, 0.1) is 37.6 Å². The molecule has 46 heavy (non-hydrogen) atoms. The molecule has 3 fully saturated rings. The second kappa shape index (κ2) is 14.2. The maximum absolute atomic E-state index is 12.7. The van der Waals surface area contributed by atoms with E-state index in [1.807, 2.05) is 18.2 Å². The van der Waals surface area contributed by atoms with Crippen molar-refractivity contribution in [2.24, 2.45) is 0 Å². The molecule has 3 saturated heterocycles. The number of carbonyl (C=O) groups is 1. The van der Waals surface area contributed by atoms with Crippen molar-refractivity contribution in [3.8, 4) is 29.0 Å². The van der Waals surface area contributed by atoms with E-state index in [1.165, 1.54) is 4.90 Å². The third-order valence-electron chi connectivity index (χ3n) is 8.60. The number of nitrogens with one attached hydrogen (secondary N) is 1. The van der Waals surface area contributed by atoms with Crippen LogP contribution in [-0.2, 0) is 9.53 Å². The number of halogens is 1. The van der Waals surface area contributed by atoms with Crippen molar-refractivity contribution < 1.29 is 28.5 Å². The summed E-state index contributed by atoms with van der Waals surface area (Å²) in [5.41, 5.74) is 2.61. The second-order valence-corrected chi connectivity index (χ2v) is 11.5. The molecule has 2 N–H and O–H groups in total. The van der Waals surface area contributed by atoms with Crippen LogP contribution < -0.4 is 19.7 Å². The fraction of sp³-hybridized carbons (Fsp3) is 0.469. The zero-order chi connectivity index (χ0) is 32.0. The van der Waals surface area contributed by atoms with E-state index in [0.717, 1.165) is 45.1 Å². The van der Waals surface area contributed by atoms with Gasteiger partial charge in [0.2, 0.25) is 11.8 Å². The quantitative estimate of drug-likeness (QED) is 0.338. The maximum atomic E-state index is 12.7. The largest absolute Gasteiger partial charge is 0.489 e. The first kappa shape index (κ1) is 31.4. The van der Waals surface area contributed by atoms with Crippen molar-refractivity contribution in [1.29, 1.82) is 5.26 Å². The molecule has 3 aliphatic heterocycles. The Bertz CT molecular complexity index is 1570. The van der Waals surface area contributed by atoms with Crippen molar-refractivity contribution in [1.82, 2.24) is 24.8 Å². The van der Waals surface area contributed by atoms with E-state index in [4.69, 9.17) is 14.2 Å². The number of pyridine rings is 1. The number of carbonyl (C=O) groups excluding carboxylic acids is 1. The molecular formula is C32H37FN8O5. The van der Waals surface area contributed by atoms with Crippen molar-refractivity contribution >= 4 is 23.4 Å². The lowest BCUT2D eigenvalue weighted by Crippen LogP contribution is -2.56. The molecule has 1 amide bonds. The monoisotopic (exact) mass is 632 g/mol. The number of piperidine rings is 1. The average molecular weight is 633 g/mol. The fourth-order valence-electron chi connectivity index (χ4n) is 5.88. The molecule has 0 radical (unpaired) electrons. The number of aliphatic hydroxyl groups is 1. The molecule has 2 aromatic heterocycles. The summed E-state index contributed by atoms with van der Waals surface area (Å²) in [5.74, 6) is 1.22. The Morgan fingerprint density at radius 2 is 1.91 bits per heavy atom. The van der Waals surface area contributed by atoms with Crippen molar-refractivity contribution in [2.45, 2.75) is 31.1 Å². The molecule has 0 unspecified atom stereocenters. The van der Waals surface area contributed by atoms with E-state index >= 15 is 0 Å². The predicted molar refractivity (Wildman–Crippen MR) is 167 cm³/mol. The van der Waals surface area contributed by atoms with Gasteiger partial charge in [0.15, 0.2) is 6.10 Å². The number of nitrogens with zero attached hydrogens (tertiary/aromatic N) is 7. The van der Waals surface area contributed by atoms with Gasteiger partial charge in [-0.1, -0.05) is 0 Å². The van der Waals surface area contributed by atoms with Crippen LogP contribution in [0.3, 0.4) is 0 Å². The minimum absolute atomic E-state index is 0.220. The molecule has 6 rings (SSSR count). The van der Waals surface area contributed by atoms with Crippen LogP contribution in [0, 0.1) is 11.3 Å². The Morgan fingerprint density at radius 1 is 1.13 bits per heavy atom. The number of benzene rings is 1. The predicted octanol–water partition coefficient (Wildman–Crippen LogP) is 2.38. The first-order valence-corrected chi connectivity index (χ1v) is 15.4. The molecule has 3 aliphatic rings. The zero-order valence-electron chi connectivity index (χ0n) is 25.6. The Hall–Kier alpha value is -4.58. The number of hydrogen-bond donors (Lipinski definition) is 2. The van der Waals surface area contributed by atoms with Crippen LogP contribution in [0.25, 0.3) is 11.3 Å². The van der Waals surface area contributed by atoms with Crippen LogP contribution in [0.1, 0.15) is 18.4 Å². The molecule has 14 heteroatoms. The molecule has 0 spiro atoms. The fourth-order valence-corrected chi connectivity index (χ4v) is 5.88. The summed E-state index contributed by atoms with van der Waals surface area (Å²) in [4.78, 5) is 31.9. The Morgan fingerprint density at radius 3 is 2.59 bits per heavy atom. The summed E-state index contributed by atoms with van der Waals surface area (Å²) in [7, 11) is 1.61. The molecule has 1 atom stereocenters. The number of likely N-dealkylation sites (tertiary alicyclic amines) is 1. The molecule has 13 nitrogen and oxygen atoms in total. The van der Waals surface area contributed by atoms with Gasteiger partial charge >= 0.3 is 0 Å². The normalized spacial score (nSPS) is 18.4. The number of nitriles is 1. The number of piperazine rings is 1. The number of ether oxygens (including phenoxy) is 3. The Balaban J connectivity index is 1.09. The zero-order valence-corrected chi connectivity index (χ0v) is 25.6. The van der Waals surface area contributed by atoms with Crippen molar-refractivity contribution in [3.05, 3.63) is 48.2 Å². The van der Waals surface area contributed by atoms with E-state index in [9.17, 15) is 19.6 Å². The molecule has 0 aliphatic carbocycles. The van der Waals surface area contributed by atoms with Gasteiger partial charge in [0.25, 0.3) is 5.91 Å². The molecule has 0 bridgehead atoms. The number of aromatic nitrogens is 3. The van der Waals surface area contributed by atoms with E-state index in [-0.39, 0.29) is 6.10 Å². The van der Waals surface area contributed by atoms with Gasteiger partial charge in [-0.2, -0.15) is 10.2 Å². The summed E-state index contributed by atoms with van der Waals surface area (Å²) < 4.78 is 29.8. The highest BCUT2D eigenvalue weighted by Crippen LogP contribution is 2.31. The van der Waals surface area contributed by atoms with Crippen molar-refractivity contribution in [2.75, 3.05) is 76.5 Å². The van der Waals surface area contributed by atoms with Gasteiger partial charge in [-0.05, 0) is 36.4 Å². The number of amides is 1. The van der Waals surface area contributed by atoms with E-state index in [0.29, 0.717) is 72.2 Å². The van der Waals surface area contributed by atoms with Crippen LogP contribution in [0.2, 0.25) is 0 Å². The van der Waals surface area contributed by atoms with Gasteiger partial charge in [-0.15, -0.1) is 0 Å². The minimum Gasteiger partial charge on any atom is -0.489 e. The smallest absolute Gasteiger partial charge is 0.254 e. The number of methoxy groups -OCH3 is 1. The molecular weight excluding hydrogens is 595 g/mol. The average Bonchev–Trinajstić information content (AvgIpc) is 3.08. The van der Waals surface area contributed by atoms with Gasteiger partial charge in [0, 0.05) is 63.9 Å². The van der Waals surface area contributed by atoms with Crippen LogP contribution in [0.4, 0.5) is 21.8 Å². The lowest BCUT2D eigenvalue weighted by Gasteiger charge is -2.43. The van der Waals surface area contributed by atoms with Crippen LogP contribution in [0.15, 0.2) is 42.6 Å². The summed E-state index contributed by atoms with van der Waals surface area (Å²) in [6.45, 7) is 4.91. The summed E-state index contributed by atoms with van der Waals surface area (Å²) in [6, 6.07) is 13.6. The SMILES string of the molecule is COc1nc(Nc2nccc(-c3ccc(OC4CCN(C(=O)[C@H](O)CF)CC4)c(C#N)c3)n2)ccc1N1CCN(C2COC2)CC1. The van der Waals surface area contributed by atoms with Crippen LogP contribution in [0.5, 0.6) is 11.6 Å². The van der Waals surface area contributed by atoms with E-state index < -0.39 is 18.7 Å². The molecule has 3 aromatic rings. The van der Waals surface area contributed by atoms with Gasteiger partial charge in [-0.3, -0.25) is 9.69 Å². The van der Waals surface area contributed by atoms with Gasteiger partial charge < -0.3 is 34.4 Å². The number of aliphatic hydroxyl groups excluding tert-OH is 1. The summed E-state index contributed by atoms with van der Waals surface area (Å²) in [6.07, 6.45) is 0.795. The van der Waals surface area contributed by atoms with Crippen LogP contribution >= 0.6 is 0 Å². The van der Waals surface area contributed by atoms with Crippen molar-refractivity contribution in [3.63, 3.8) is 0 Å². The highest BCUT2D eigenvalue weighted by atomic mass is 19.1. The summed E-state index contributed by atoms with van der Waals surface area (Å²) >= 11 is 0. The maximum Gasteiger partial charge on any atom is 0.254 e. The molecule has 5 heterocycles. The number of hydrogen-bond acceptors (Lipinski definition) is 12. The lowest BCUT2D eigenvalue weighted by atomic mass is 10.1. The van der Waals surface area contributed by atoms with Gasteiger partial charge in [0.1, 0.15) is 36.1 Å². The number of anilines is 3. The third-order valence-corrected chi connectivity index (χ3v) is 8.60. The first-order valence-electron chi connectivity index (χ1n) is 15.4. The third kappa shape index (κ3) is 6.96. The van der Waals surface area contributed by atoms with Crippen LogP contribution in [-0.4, -0.2) is 120 Å². The summed E-state index contributed by atoms with van der Waals surface area (Å²) in [5, 5.41) is 22.5. The number of alkyl halides is 1. The molecule has 1 aromatic carbocycles. The Kier molecular flexibility index (Phi) is 9.72. The van der Waals surface area contributed by atoms with E-state index in [1.54, 1.807) is 31.5 Å². The highest BCUT2D eigenvalue weighted by Gasteiger charge is 2.30. The minimum atomic E-state index is -1.63. The van der Waals surface area contributed by atoms with E-state index in [2.05, 4.69) is 36.1 Å². The molecule has 0 saturated carbocycles. The highest BCUT2D eigenvalue weighted by molar-refractivity contribution is 5.80. The topological polar surface area (TPSA) is 149 Å². The first-order chi connectivity index (χ1) is 22.4. The lowest BCUT2D eigenvalue weighted by molar-refractivity contribution is -0.142.